The molecule has 2 rings (SSSR count). The number of anilines is 1. The first-order valence-corrected chi connectivity index (χ1v) is 6.01. The lowest BCUT2D eigenvalue weighted by molar-refractivity contribution is 0.627. The van der Waals surface area contributed by atoms with Gasteiger partial charge in [0, 0.05) is 5.69 Å². The van der Waals surface area contributed by atoms with Crippen molar-refractivity contribution in [2.75, 3.05) is 5.32 Å². The van der Waals surface area contributed by atoms with E-state index in [9.17, 15) is 4.39 Å². The molecule has 0 fully saturated rings. The molecule has 0 spiro atoms. The van der Waals surface area contributed by atoms with Crippen LogP contribution in [0.2, 0.25) is 0 Å². The van der Waals surface area contributed by atoms with Gasteiger partial charge < -0.3 is 11.1 Å². The first-order valence-electron chi connectivity index (χ1n) is 6.01. The zero-order valence-electron chi connectivity index (χ0n) is 10.7. The Morgan fingerprint density at radius 3 is 2.63 bits per heavy atom. The Kier molecular flexibility index (Phi) is 4.13. The smallest absolute Gasteiger partial charge is 0.193 e. The lowest BCUT2D eigenvalue weighted by Crippen LogP contribution is -2.22. The van der Waals surface area contributed by atoms with Gasteiger partial charge in [0.15, 0.2) is 5.96 Å². The van der Waals surface area contributed by atoms with Crippen molar-refractivity contribution in [1.29, 1.82) is 0 Å². The number of guanidine groups is 1. The van der Waals surface area contributed by atoms with E-state index < -0.39 is 0 Å². The van der Waals surface area contributed by atoms with E-state index in [1.807, 2.05) is 31.2 Å². The van der Waals surface area contributed by atoms with E-state index in [1.54, 1.807) is 12.1 Å². The SMILES string of the molecule is Cc1cccc(NC(N)=NCc2ccc(F)cc2)c1. The second-order valence-corrected chi connectivity index (χ2v) is 4.32. The highest BCUT2D eigenvalue weighted by Crippen LogP contribution is 2.09. The standard InChI is InChI=1S/C15H16FN3/c1-11-3-2-4-14(9-11)19-15(17)18-10-12-5-7-13(16)8-6-12/h2-9H,10H2,1H3,(H3,17,18,19). The third kappa shape index (κ3) is 4.10. The summed E-state index contributed by atoms with van der Waals surface area (Å²) in [5.41, 5.74) is 8.76. The van der Waals surface area contributed by atoms with Gasteiger partial charge in [-0.15, -0.1) is 0 Å². The summed E-state index contributed by atoms with van der Waals surface area (Å²) < 4.78 is 12.7. The van der Waals surface area contributed by atoms with Crippen molar-refractivity contribution in [3.05, 3.63) is 65.5 Å². The summed E-state index contributed by atoms with van der Waals surface area (Å²) in [4.78, 5) is 4.21. The maximum atomic E-state index is 12.7. The van der Waals surface area contributed by atoms with Gasteiger partial charge in [0.2, 0.25) is 0 Å². The van der Waals surface area contributed by atoms with Crippen LogP contribution in [0.4, 0.5) is 10.1 Å². The Labute approximate surface area is 112 Å². The van der Waals surface area contributed by atoms with Crippen LogP contribution in [0.25, 0.3) is 0 Å². The topological polar surface area (TPSA) is 50.4 Å². The molecular weight excluding hydrogens is 241 g/mol. The molecule has 19 heavy (non-hydrogen) atoms. The number of benzene rings is 2. The van der Waals surface area contributed by atoms with Crippen LogP contribution in [0.15, 0.2) is 53.5 Å². The molecule has 2 aromatic rings. The number of nitrogens with zero attached hydrogens (tertiary/aromatic N) is 1. The molecule has 0 aliphatic rings. The molecule has 0 radical (unpaired) electrons. The molecule has 0 saturated heterocycles. The fourth-order valence-corrected chi connectivity index (χ4v) is 1.68. The average molecular weight is 257 g/mol. The van der Waals surface area contributed by atoms with Crippen LogP contribution in [0, 0.1) is 12.7 Å². The molecule has 3 nitrogen and oxygen atoms in total. The number of rotatable bonds is 3. The van der Waals surface area contributed by atoms with Gasteiger partial charge in [-0.1, -0.05) is 24.3 Å². The monoisotopic (exact) mass is 257 g/mol. The van der Waals surface area contributed by atoms with Crippen molar-refractivity contribution in [2.45, 2.75) is 13.5 Å². The maximum Gasteiger partial charge on any atom is 0.193 e. The van der Waals surface area contributed by atoms with Crippen LogP contribution in [0.1, 0.15) is 11.1 Å². The minimum Gasteiger partial charge on any atom is -0.370 e. The van der Waals surface area contributed by atoms with Crippen molar-refractivity contribution in [3.8, 4) is 0 Å². The molecule has 4 heteroatoms. The fraction of sp³-hybridized carbons (Fsp3) is 0.133. The summed E-state index contributed by atoms with van der Waals surface area (Å²) in [5, 5.41) is 3.02. The highest BCUT2D eigenvalue weighted by atomic mass is 19.1. The van der Waals surface area contributed by atoms with E-state index >= 15 is 0 Å². The van der Waals surface area contributed by atoms with E-state index in [0.29, 0.717) is 12.5 Å². The van der Waals surface area contributed by atoms with Crippen LogP contribution in [0.5, 0.6) is 0 Å². The number of hydrogen-bond donors (Lipinski definition) is 2. The number of nitrogens with one attached hydrogen (secondary N) is 1. The highest BCUT2D eigenvalue weighted by molar-refractivity contribution is 5.92. The lowest BCUT2D eigenvalue weighted by Gasteiger charge is -2.06. The molecule has 0 aliphatic carbocycles. The van der Waals surface area contributed by atoms with Gasteiger partial charge >= 0.3 is 0 Å². The molecule has 0 amide bonds. The number of hydrogen-bond acceptors (Lipinski definition) is 1. The predicted molar refractivity (Wildman–Crippen MR) is 76.5 cm³/mol. The number of aliphatic imine (C=N–C) groups is 1. The van der Waals surface area contributed by atoms with Crippen LogP contribution >= 0.6 is 0 Å². The van der Waals surface area contributed by atoms with Crippen LogP contribution in [-0.2, 0) is 6.54 Å². The van der Waals surface area contributed by atoms with E-state index in [2.05, 4.69) is 10.3 Å². The molecule has 0 saturated carbocycles. The third-order valence-corrected chi connectivity index (χ3v) is 2.64. The van der Waals surface area contributed by atoms with Gasteiger partial charge in [-0.3, -0.25) is 0 Å². The van der Waals surface area contributed by atoms with Crippen LogP contribution in [-0.4, -0.2) is 5.96 Å². The molecule has 3 N–H and O–H groups in total. The molecule has 0 atom stereocenters. The van der Waals surface area contributed by atoms with E-state index in [-0.39, 0.29) is 5.82 Å². The van der Waals surface area contributed by atoms with Crippen molar-refractivity contribution in [3.63, 3.8) is 0 Å². The summed E-state index contributed by atoms with van der Waals surface area (Å²) in [6.45, 7) is 2.43. The normalized spacial score (nSPS) is 11.4. The van der Waals surface area contributed by atoms with Gasteiger partial charge in [0.25, 0.3) is 0 Å². The number of aryl methyl sites for hydroxylation is 1. The number of nitrogens with two attached hydrogens (primary N) is 1. The number of halogens is 1. The summed E-state index contributed by atoms with van der Waals surface area (Å²) in [6.07, 6.45) is 0. The Balaban J connectivity index is 1.97. The Bertz CT molecular complexity index is 576. The quantitative estimate of drug-likeness (QED) is 0.656. The van der Waals surface area contributed by atoms with Crippen LogP contribution < -0.4 is 11.1 Å². The summed E-state index contributed by atoms with van der Waals surface area (Å²) in [6, 6.07) is 14.1. The minimum atomic E-state index is -0.251. The molecule has 0 heterocycles. The van der Waals surface area contributed by atoms with E-state index in [0.717, 1.165) is 16.8 Å². The molecule has 0 aliphatic heterocycles. The minimum absolute atomic E-state index is 0.251. The summed E-state index contributed by atoms with van der Waals surface area (Å²) >= 11 is 0. The van der Waals surface area contributed by atoms with E-state index in [1.165, 1.54) is 12.1 Å². The molecule has 0 unspecified atom stereocenters. The van der Waals surface area contributed by atoms with Crippen molar-refractivity contribution in [1.82, 2.24) is 0 Å². The first-order chi connectivity index (χ1) is 9.13. The zero-order chi connectivity index (χ0) is 13.7. The highest BCUT2D eigenvalue weighted by Gasteiger charge is 1.96. The maximum absolute atomic E-state index is 12.7. The van der Waals surface area contributed by atoms with Gasteiger partial charge in [-0.25, -0.2) is 9.38 Å². The van der Waals surface area contributed by atoms with E-state index in [4.69, 9.17) is 5.73 Å². The van der Waals surface area contributed by atoms with Crippen LogP contribution in [0.3, 0.4) is 0 Å². The van der Waals surface area contributed by atoms with Gasteiger partial charge in [-0.2, -0.15) is 0 Å². The van der Waals surface area contributed by atoms with Crippen molar-refractivity contribution >= 4 is 11.6 Å². The van der Waals surface area contributed by atoms with Gasteiger partial charge in [-0.05, 0) is 42.3 Å². The summed E-state index contributed by atoms with van der Waals surface area (Å²) in [7, 11) is 0. The van der Waals surface area contributed by atoms with Crippen molar-refractivity contribution < 1.29 is 4.39 Å². The molecule has 0 aromatic heterocycles. The Hall–Kier alpha value is -2.36. The average Bonchev–Trinajstić information content (AvgIpc) is 2.38. The Morgan fingerprint density at radius 2 is 1.95 bits per heavy atom. The Morgan fingerprint density at radius 1 is 1.21 bits per heavy atom. The molecule has 0 bridgehead atoms. The summed E-state index contributed by atoms with van der Waals surface area (Å²) in [5.74, 6) is 0.0912. The van der Waals surface area contributed by atoms with Gasteiger partial charge in [0.1, 0.15) is 5.82 Å². The zero-order valence-corrected chi connectivity index (χ0v) is 10.7. The van der Waals surface area contributed by atoms with Gasteiger partial charge in [0.05, 0.1) is 6.54 Å². The second kappa shape index (κ2) is 6.00. The predicted octanol–water partition coefficient (Wildman–Crippen LogP) is 3.06. The van der Waals surface area contributed by atoms with Crippen molar-refractivity contribution in [2.24, 2.45) is 10.7 Å². The lowest BCUT2D eigenvalue weighted by atomic mass is 10.2. The molecule has 98 valence electrons. The largest absolute Gasteiger partial charge is 0.370 e. The third-order valence-electron chi connectivity index (χ3n) is 2.64. The second-order valence-electron chi connectivity index (χ2n) is 4.32. The molecular formula is C15H16FN3. The fourth-order valence-electron chi connectivity index (χ4n) is 1.68. The molecule has 2 aromatic carbocycles. The first kappa shape index (κ1) is 13.1.